The third-order valence-corrected chi connectivity index (χ3v) is 4.40. The monoisotopic (exact) mass is 363 g/mol. The molecule has 0 radical (unpaired) electrons. The van der Waals surface area contributed by atoms with Gasteiger partial charge in [-0.1, -0.05) is 30.3 Å². The highest BCUT2D eigenvalue weighted by atomic mass is 16.1. The number of nitrogens with zero attached hydrogens (tertiary/aromatic N) is 3. The maximum atomic E-state index is 12.9. The van der Waals surface area contributed by atoms with Crippen LogP contribution in [0.2, 0.25) is 0 Å². The summed E-state index contributed by atoms with van der Waals surface area (Å²) in [6.07, 6.45) is 8.31. The minimum absolute atomic E-state index is 0.144. The molecule has 140 valence electrons. The van der Waals surface area contributed by atoms with Gasteiger partial charge in [0, 0.05) is 37.1 Å². The zero-order valence-electron chi connectivity index (χ0n) is 15.6. The van der Waals surface area contributed by atoms with Crippen LogP contribution in [-0.2, 0) is 0 Å². The fraction of sp³-hybridized carbons (Fsp3) is 0.286. The molecule has 0 aliphatic carbocycles. The van der Waals surface area contributed by atoms with Crippen molar-refractivity contribution in [1.82, 2.24) is 14.9 Å². The van der Waals surface area contributed by atoms with Gasteiger partial charge in [0.1, 0.15) is 0 Å². The van der Waals surface area contributed by atoms with Crippen LogP contribution in [0.4, 0.5) is 5.95 Å². The Bertz CT molecular complexity index is 835. The lowest BCUT2D eigenvalue weighted by Gasteiger charge is -2.11. The Morgan fingerprint density at radius 2 is 1.96 bits per heavy atom. The zero-order chi connectivity index (χ0) is 19.1. The van der Waals surface area contributed by atoms with Crippen LogP contribution < -0.4 is 11.1 Å². The molecule has 2 heterocycles. The largest absolute Gasteiger partial charge is 0.402 e. The zero-order valence-corrected chi connectivity index (χ0v) is 15.6. The fourth-order valence-corrected chi connectivity index (χ4v) is 3.06. The van der Waals surface area contributed by atoms with E-state index in [1.807, 2.05) is 18.2 Å². The first-order chi connectivity index (χ1) is 13.1. The van der Waals surface area contributed by atoms with E-state index in [2.05, 4.69) is 32.5 Å². The molecule has 1 aliphatic rings. The standard InChI is InChI=1S/C21H25N5O/c1-16(22)19(20(27)17-8-3-2-4-9-17)18-10-12-24-21(25-18)23-11-7-15-26-13-5-6-14-26/h2-4,7-10,12,15H,5-6,11,13-14,22H2,1H3,(H,23,24,25)/b15-7+,19-16?. The number of benzene rings is 1. The van der Waals surface area contributed by atoms with Crippen LogP contribution in [0.1, 0.15) is 35.8 Å². The second-order valence-electron chi connectivity index (χ2n) is 6.53. The summed E-state index contributed by atoms with van der Waals surface area (Å²) in [5.74, 6) is 0.326. The Hall–Kier alpha value is -3.15. The summed E-state index contributed by atoms with van der Waals surface area (Å²) in [7, 11) is 0. The van der Waals surface area contributed by atoms with Gasteiger partial charge in [0.2, 0.25) is 5.95 Å². The third kappa shape index (κ3) is 4.94. The van der Waals surface area contributed by atoms with Crippen molar-refractivity contribution in [3.05, 3.63) is 71.8 Å². The molecular formula is C21H25N5O. The summed E-state index contributed by atoms with van der Waals surface area (Å²) in [6.45, 7) is 4.57. The number of anilines is 1. The van der Waals surface area contributed by atoms with Crippen LogP contribution in [-0.4, -0.2) is 40.3 Å². The molecule has 0 saturated carbocycles. The maximum absolute atomic E-state index is 12.9. The van der Waals surface area contributed by atoms with Gasteiger partial charge in [0.15, 0.2) is 5.78 Å². The van der Waals surface area contributed by atoms with Crippen LogP contribution in [0.3, 0.4) is 0 Å². The van der Waals surface area contributed by atoms with Crippen molar-refractivity contribution in [2.24, 2.45) is 5.73 Å². The van der Waals surface area contributed by atoms with E-state index in [4.69, 9.17) is 5.73 Å². The van der Waals surface area contributed by atoms with E-state index in [0.29, 0.717) is 35.0 Å². The normalized spacial score (nSPS) is 15.1. The highest BCUT2D eigenvalue weighted by Crippen LogP contribution is 2.21. The lowest BCUT2D eigenvalue weighted by Crippen LogP contribution is -2.13. The Balaban J connectivity index is 1.72. The van der Waals surface area contributed by atoms with Gasteiger partial charge in [0.25, 0.3) is 0 Å². The molecule has 1 aliphatic heterocycles. The van der Waals surface area contributed by atoms with Gasteiger partial charge in [-0.05, 0) is 38.1 Å². The molecule has 0 unspecified atom stereocenters. The number of aromatic nitrogens is 2. The lowest BCUT2D eigenvalue weighted by atomic mass is 9.99. The van der Waals surface area contributed by atoms with Gasteiger partial charge < -0.3 is 16.0 Å². The Morgan fingerprint density at radius 1 is 1.22 bits per heavy atom. The van der Waals surface area contributed by atoms with Gasteiger partial charge in [-0.15, -0.1) is 0 Å². The van der Waals surface area contributed by atoms with Gasteiger partial charge >= 0.3 is 0 Å². The predicted molar refractivity (Wildman–Crippen MR) is 108 cm³/mol. The number of rotatable bonds is 7. The van der Waals surface area contributed by atoms with E-state index in [-0.39, 0.29) is 5.78 Å². The Labute approximate surface area is 159 Å². The van der Waals surface area contributed by atoms with Crippen LogP contribution in [0.15, 0.2) is 60.6 Å². The molecule has 1 saturated heterocycles. The smallest absolute Gasteiger partial charge is 0.223 e. The average molecular weight is 363 g/mol. The summed E-state index contributed by atoms with van der Waals surface area (Å²) in [4.78, 5) is 23.9. The molecule has 6 heteroatoms. The second kappa shape index (κ2) is 8.98. The molecule has 0 bridgehead atoms. The van der Waals surface area contributed by atoms with Crippen molar-refractivity contribution < 1.29 is 4.79 Å². The van der Waals surface area contributed by atoms with E-state index in [9.17, 15) is 4.79 Å². The summed E-state index contributed by atoms with van der Waals surface area (Å²) in [5.41, 5.74) is 7.95. The molecule has 27 heavy (non-hydrogen) atoms. The van der Waals surface area contributed by atoms with Gasteiger partial charge in [0.05, 0.1) is 11.3 Å². The quantitative estimate of drug-likeness (QED) is 0.581. The van der Waals surface area contributed by atoms with Crippen molar-refractivity contribution in [3.8, 4) is 0 Å². The summed E-state index contributed by atoms with van der Waals surface area (Å²) in [5, 5.41) is 3.17. The van der Waals surface area contributed by atoms with Crippen molar-refractivity contribution in [2.75, 3.05) is 25.0 Å². The molecule has 1 fully saturated rings. The first kappa shape index (κ1) is 18.6. The number of carbonyl (C=O) groups is 1. The van der Waals surface area contributed by atoms with E-state index in [1.54, 1.807) is 31.3 Å². The van der Waals surface area contributed by atoms with Crippen LogP contribution in [0.25, 0.3) is 5.57 Å². The van der Waals surface area contributed by atoms with Gasteiger partial charge in [-0.3, -0.25) is 4.79 Å². The summed E-state index contributed by atoms with van der Waals surface area (Å²) in [6, 6.07) is 10.8. The molecule has 0 amide bonds. The van der Waals surface area contributed by atoms with Crippen LogP contribution in [0.5, 0.6) is 0 Å². The van der Waals surface area contributed by atoms with E-state index >= 15 is 0 Å². The van der Waals surface area contributed by atoms with Crippen molar-refractivity contribution in [3.63, 3.8) is 0 Å². The lowest BCUT2D eigenvalue weighted by molar-refractivity contribution is 0.105. The minimum atomic E-state index is -0.144. The number of likely N-dealkylation sites (tertiary alicyclic amines) is 1. The molecule has 6 nitrogen and oxygen atoms in total. The Kier molecular flexibility index (Phi) is 6.20. The number of allylic oxidation sites excluding steroid dienone is 2. The molecule has 1 aromatic heterocycles. The number of ketones is 1. The predicted octanol–water partition coefficient (Wildman–Crippen LogP) is 3.07. The number of Topliss-reactive ketones (excluding diaryl/α,β-unsaturated/α-hetero) is 1. The van der Waals surface area contributed by atoms with Crippen LogP contribution in [0, 0.1) is 0 Å². The highest BCUT2D eigenvalue weighted by molar-refractivity contribution is 6.29. The van der Waals surface area contributed by atoms with Gasteiger partial charge in [-0.25, -0.2) is 9.97 Å². The van der Waals surface area contributed by atoms with E-state index in [1.165, 1.54) is 12.8 Å². The third-order valence-electron chi connectivity index (χ3n) is 4.40. The SMILES string of the molecule is CC(N)=C(C(=O)c1ccccc1)c1ccnc(NC/C=C/N2CCCC2)n1. The molecule has 1 aromatic carbocycles. The first-order valence-corrected chi connectivity index (χ1v) is 9.19. The topological polar surface area (TPSA) is 84.1 Å². The molecule has 0 atom stereocenters. The number of hydrogen-bond acceptors (Lipinski definition) is 6. The summed E-state index contributed by atoms with van der Waals surface area (Å²) >= 11 is 0. The summed E-state index contributed by atoms with van der Waals surface area (Å²) < 4.78 is 0. The van der Waals surface area contributed by atoms with Crippen molar-refractivity contribution in [1.29, 1.82) is 0 Å². The first-order valence-electron chi connectivity index (χ1n) is 9.19. The number of nitrogens with one attached hydrogen (secondary N) is 1. The Morgan fingerprint density at radius 3 is 2.67 bits per heavy atom. The molecule has 2 aromatic rings. The number of carbonyl (C=O) groups excluding carboxylic acids is 1. The van der Waals surface area contributed by atoms with E-state index < -0.39 is 0 Å². The fourth-order valence-electron chi connectivity index (χ4n) is 3.06. The second-order valence-corrected chi connectivity index (χ2v) is 6.53. The number of nitrogens with two attached hydrogens (primary N) is 1. The molecule has 3 N–H and O–H groups in total. The van der Waals surface area contributed by atoms with E-state index in [0.717, 1.165) is 13.1 Å². The van der Waals surface area contributed by atoms with Gasteiger partial charge in [-0.2, -0.15) is 0 Å². The molecule has 3 rings (SSSR count). The van der Waals surface area contributed by atoms with Crippen molar-refractivity contribution in [2.45, 2.75) is 19.8 Å². The van der Waals surface area contributed by atoms with Crippen LogP contribution >= 0.6 is 0 Å². The highest BCUT2D eigenvalue weighted by Gasteiger charge is 2.18. The van der Waals surface area contributed by atoms with Crippen molar-refractivity contribution >= 4 is 17.3 Å². The molecule has 0 spiro atoms. The maximum Gasteiger partial charge on any atom is 0.223 e. The average Bonchev–Trinajstić information content (AvgIpc) is 3.20. The number of hydrogen-bond donors (Lipinski definition) is 2. The minimum Gasteiger partial charge on any atom is -0.402 e. The molecular weight excluding hydrogens is 338 g/mol.